The van der Waals surface area contributed by atoms with Crippen LogP contribution in [-0.2, 0) is 0 Å². The molecule has 1 heterocycles. The van der Waals surface area contributed by atoms with Crippen LogP contribution in [0.15, 0.2) is 6.07 Å². The van der Waals surface area contributed by atoms with Gasteiger partial charge in [0.25, 0.3) is 5.88 Å². The maximum absolute atomic E-state index is 11.9. The van der Waals surface area contributed by atoms with Crippen LogP contribution < -0.4 is 10.1 Å². The van der Waals surface area contributed by atoms with Gasteiger partial charge in [-0.3, -0.25) is 4.79 Å². The smallest absolute Gasteiger partial charge is 0.388 e. The predicted molar refractivity (Wildman–Crippen MR) is 48.2 cm³/mol. The highest BCUT2D eigenvalue weighted by atomic mass is 19.3. The van der Waals surface area contributed by atoms with Gasteiger partial charge in [-0.15, -0.1) is 10.2 Å². The first-order chi connectivity index (χ1) is 7.04. The number of ketones is 1. The van der Waals surface area contributed by atoms with Crippen molar-refractivity contribution in [1.82, 2.24) is 10.2 Å². The van der Waals surface area contributed by atoms with Crippen LogP contribution in [0, 0.1) is 0 Å². The minimum absolute atomic E-state index is 0.0842. The highest BCUT2D eigenvalue weighted by Gasteiger charge is 2.13. The second-order valence-electron chi connectivity index (χ2n) is 2.63. The zero-order valence-electron chi connectivity index (χ0n) is 8.12. The zero-order valence-corrected chi connectivity index (χ0v) is 8.12. The fraction of sp³-hybridized carbons (Fsp3) is 0.375. The maximum atomic E-state index is 11.9. The van der Waals surface area contributed by atoms with Crippen molar-refractivity contribution in [2.24, 2.45) is 0 Å². The highest BCUT2D eigenvalue weighted by molar-refractivity contribution is 5.92. The van der Waals surface area contributed by atoms with E-state index in [4.69, 9.17) is 0 Å². The number of hydrogen-bond acceptors (Lipinski definition) is 5. The van der Waals surface area contributed by atoms with Crippen LogP contribution >= 0.6 is 0 Å². The number of rotatable bonds is 4. The van der Waals surface area contributed by atoms with E-state index in [-0.39, 0.29) is 23.0 Å². The summed E-state index contributed by atoms with van der Waals surface area (Å²) in [5.74, 6) is -0.639. The molecule has 0 atom stereocenters. The summed E-state index contributed by atoms with van der Waals surface area (Å²) < 4.78 is 27.9. The number of carbonyl (C=O) groups excluding carboxylic acids is 1. The Balaban J connectivity index is 3.03. The van der Waals surface area contributed by atoms with Gasteiger partial charge in [0.15, 0.2) is 5.78 Å². The van der Waals surface area contributed by atoms with Gasteiger partial charge in [-0.05, 0) is 6.07 Å². The lowest BCUT2D eigenvalue weighted by Crippen LogP contribution is -2.09. The van der Waals surface area contributed by atoms with Gasteiger partial charge >= 0.3 is 6.61 Å². The molecule has 0 fully saturated rings. The lowest BCUT2D eigenvalue weighted by Gasteiger charge is -2.08. The number of carbonyl (C=O) groups is 1. The Morgan fingerprint density at radius 3 is 2.67 bits per heavy atom. The van der Waals surface area contributed by atoms with Gasteiger partial charge in [0.1, 0.15) is 11.4 Å². The number of nitrogens with one attached hydrogen (secondary N) is 1. The lowest BCUT2D eigenvalue weighted by atomic mass is 10.3. The average Bonchev–Trinajstić information content (AvgIpc) is 2.17. The highest BCUT2D eigenvalue weighted by Crippen LogP contribution is 2.22. The Bertz CT molecular complexity index is 371. The molecule has 0 saturated carbocycles. The van der Waals surface area contributed by atoms with Gasteiger partial charge in [-0.25, -0.2) is 0 Å². The van der Waals surface area contributed by atoms with Crippen LogP contribution in [0.3, 0.4) is 0 Å². The van der Waals surface area contributed by atoms with Crippen LogP contribution in [-0.4, -0.2) is 29.6 Å². The van der Waals surface area contributed by atoms with Gasteiger partial charge in [0.05, 0.1) is 0 Å². The molecule has 1 rings (SSSR count). The molecule has 82 valence electrons. The van der Waals surface area contributed by atoms with Gasteiger partial charge in [-0.2, -0.15) is 8.78 Å². The number of nitrogens with zero attached hydrogens (tertiary/aromatic N) is 2. The predicted octanol–water partition coefficient (Wildman–Crippen LogP) is 1.32. The van der Waals surface area contributed by atoms with Gasteiger partial charge in [0.2, 0.25) is 0 Å². The van der Waals surface area contributed by atoms with E-state index in [0.29, 0.717) is 0 Å². The van der Waals surface area contributed by atoms with E-state index < -0.39 is 6.61 Å². The summed E-state index contributed by atoms with van der Waals surface area (Å²) in [5.41, 5.74) is 0.275. The van der Waals surface area contributed by atoms with Gasteiger partial charge < -0.3 is 10.1 Å². The monoisotopic (exact) mass is 217 g/mol. The molecule has 0 spiro atoms. The quantitative estimate of drug-likeness (QED) is 0.770. The maximum Gasteiger partial charge on any atom is 0.388 e. The fourth-order valence-electron chi connectivity index (χ4n) is 0.903. The summed E-state index contributed by atoms with van der Waals surface area (Å²) in [5, 5.41) is 9.40. The molecule has 1 aromatic heterocycles. The van der Waals surface area contributed by atoms with Crippen LogP contribution in [0.4, 0.5) is 14.5 Å². The minimum atomic E-state index is -2.98. The van der Waals surface area contributed by atoms with Crippen LogP contribution in [0.25, 0.3) is 0 Å². The third-order valence-corrected chi connectivity index (χ3v) is 1.59. The number of alkyl halides is 2. The van der Waals surface area contributed by atoms with Crippen LogP contribution in [0.5, 0.6) is 5.88 Å². The molecular weight excluding hydrogens is 208 g/mol. The molecular formula is C8H9F2N3O2. The fourth-order valence-corrected chi connectivity index (χ4v) is 0.903. The van der Waals surface area contributed by atoms with E-state index in [0.717, 1.165) is 0 Å². The molecule has 1 N–H and O–H groups in total. The summed E-state index contributed by atoms with van der Waals surface area (Å²) in [6.07, 6.45) is 0. The van der Waals surface area contributed by atoms with E-state index in [1.165, 1.54) is 20.0 Å². The molecule has 0 amide bonds. The Morgan fingerprint density at radius 1 is 1.53 bits per heavy atom. The number of ether oxygens (including phenoxy) is 1. The van der Waals surface area contributed by atoms with Crippen LogP contribution in [0.2, 0.25) is 0 Å². The second-order valence-corrected chi connectivity index (χ2v) is 2.63. The van der Waals surface area contributed by atoms with Crippen molar-refractivity contribution in [3.05, 3.63) is 11.8 Å². The number of halogens is 2. The first kappa shape index (κ1) is 11.3. The topological polar surface area (TPSA) is 64.1 Å². The molecule has 0 bridgehead atoms. The Hall–Kier alpha value is -1.79. The van der Waals surface area contributed by atoms with Gasteiger partial charge in [0, 0.05) is 14.0 Å². The largest absolute Gasteiger partial charge is 0.413 e. The molecule has 15 heavy (non-hydrogen) atoms. The van der Waals surface area contributed by atoms with E-state index in [2.05, 4.69) is 20.3 Å². The summed E-state index contributed by atoms with van der Waals surface area (Å²) in [6.45, 7) is -1.67. The number of Topliss-reactive ketones (excluding diaryl/α,β-unsaturated/α-hetero) is 1. The molecule has 0 aromatic carbocycles. The third-order valence-electron chi connectivity index (χ3n) is 1.59. The molecule has 0 radical (unpaired) electrons. The standard InChI is InChI=1S/C8H9F2N3O2/c1-4(14)5-3-6(11-2)7(13-12-5)15-8(9)10/h3,8H,1-2H3,(H,11,12). The molecule has 5 nitrogen and oxygen atoms in total. The molecule has 0 aliphatic carbocycles. The van der Waals surface area contributed by atoms with Crippen molar-refractivity contribution in [2.75, 3.05) is 12.4 Å². The summed E-state index contributed by atoms with van der Waals surface area (Å²) >= 11 is 0. The average molecular weight is 217 g/mol. The molecule has 0 aliphatic rings. The summed E-state index contributed by atoms with van der Waals surface area (Å²) in [4.78, 5) is 10.9. The van der Waals surface area contributed by atoms with Crippen LogP contribution in [0.1, 0.15) is 17.4 Å². The summed E-state index contributed by atoms with van der Waals surface area (Å²) in [6, 6.07) is 1.30. The first-order valence-electron chi connectivity index (χ1n) is 4.05. The van der Waals surface area contributed by atoms with Crippen molar-refractivity contribution in [3.63, 3.8) is 0 Å². The zero-order chi connectivity index (χ0) is 11.4. The number of anilines is 1. The number of aromatic nitrogens is 2. The van der Waals surface area contributed by atoms with Crippen molar-refractivity contribution < 1.29 is 18.3 Å². The Labute approximate surface area is 84.5 Å². The second kappa shape index (κ2) is 4.63. The van der Waals surface area contributed by atoms with E-state index >= 15 is 0 Å². The van der Waals surface area contributed by atoms with E-state index in [1.807, 2.05) is 0 Å². The Kier molecular flexibility index (Phi) is 3.48. The molecule has 0 aliphatic heterocycles. The molecule has 1 aromatic rings. The van der Waals surface area contributed by atoms with Crippen molar-refractivity contribution >= 4 is 11.5 Å². The first-order valence-corrected chi connectivity index (χ1v) is 4.05. The van der Waals surface area contributed by atoms with Crippen molar-refractivity contribution in [3.8, 4) is 5.88 Å². The van der Waals surface area contributed by atoms with Crippen molar-refractivity contribution in [2.45, 2.75) is 13.5 Å². The van der Waals surface area contributed by atoms with Crippen molar-refractivity contribution in [1.29, 1.82) is 0 Å². The molecule has 7 heteroatoms. The normalized spacial score (nSPS) is 10.2. The molecule has 0 saturated heterocycles. The molecule has 0 unspecified atom stereocenters. The third kappa shape index (κ3) is 2.83. The van der Waals surface area contributed by atoms with E-state index in [1.54, 1.807) is 0 Å². The van der Waals surface area contributed by atoms with Gasteiger partial charge in [-0.1, -0.05) is 0 Å². The van der Waals surface area contributed by atoms with E-state index in [9.17, 15) is 13.6 Å². The minimum Gasteiger partial charge on any atom is -0.413 e. The Morgan fingerprint density at radius 2 is 2.20 bits per heavy atom. The summed E-state index contributed by atoms with van der Waals surface area (Å²) in [7, 11) is 1.50. The SMILES string of the molecule is CNc1cc(C(C)=O)nnc1OC(F)F. The number of hydrogen-bond donors (Lipinski definition) is 1. The lowest BCUT2D eigenvalue weighted by molar-refractivity contribution is -0.0529.